The highest BCUT2D eigenvalue weighted by Crippen LogP contribution is 1.93. The molecule has 0 bridgehead atoms. The SMILES string of the molecule is C=C(Cl)C(=O)NCC(=O)NC. The molecule has 0 rings (SSSR count). The Kier molecular flexibility index (Phi) is 4.29. The summed E-state index contributed by atoms with van der Waals surface area (Å²) >= 11 is 5.22. The lowest BCUT2D eigenvalue weighted by molar-refractivity contribution is -0.123. The molecule has 4 nitrogen and oxygen atoms in total. The lowest BCUT2D eigenvalue weighted by Crippen LogP contribution is -2.35. The third-order valence-electron chi connectivity index (χ3n) is 0.935. The van der Waals surface area contributed by atoms with Crippen molar-refractivity contribution in [3.05, 3.63) is 11.6 Å². The summed E-state index contributed by atoms with van der Waals surface area (Å²) in [6.45, 7) is 3.10. The van der Waals surface area contributed by atoms with Gasteiger partial charge in [0.1, 0.15) is 0 Å². The highest BCUT2D eigenvalue weighted by molar-refractivity contribution is 6.41. The molecule has 5 heteroatoms. The van der Waals surface area contributed by atoms with Crippen LogP contribution in [0.25, 0.3) is 0 Å². The molecule has 2 amide bonds. The third kappa shape index (κ3) is 4.38. The zero-order valence-corrected chi connectivity index (χ0v) is 6.86. The average molecular weight is 177 g/mol. The molecule has 0 atom stereocenters. The largest absolute Gasteiger partial charge is 0.358 e. The summed E-state index contributed by atoms with van der Waals surface area (Å²) in [6.07, 6.45) is 0. The Morgan fingerprint density at radius 2 is 2.09 bits per heavy atom. The summed E-state index contributed by atoms with van der Waals surface area (Å²) in [4.78, 5) is 21.2. The molecule has 0 aromatic rings. The molecule has 0 saturated heterocycles. The maximum absolute atomic E-state index is 10.6. The monoisotopic (exact) mass is 176 g/mol. The standard InChI is InChI=1S/C6H9ClN2O2/c1-4(7)6(11)9-3-5(10)8-2/h1,3H2,2H3,(H,8,10)(H,9,11). The van der Waals surface area contributed by atoms with Crippen molar-refractivity contribution in [2.75, 3.05) is 13.6 Å². The molecule has 0 spiro atoms. The van der Waals surface area contributed by atoms with Crippen LogP contribution in [0, 0.1) is 0 Å². The van der Waals surface area contributed by atoms with Crippen LogP contribution in [0.4, 0.5) is 0 Å². The Bertz CT molecular complexity index is 191. The maximum Gasteiger partial charge on any atom is 0.262 e. The Balaban J connectivity index is 3.63. The first kappa shape index (κ1) is 9.97. The fraction of sp³-hybridized carbons (Fsp3) is 0.333. The maximum atomic E-state index is 10.6. The number of halogens is 1. The van der Waals surface area contributed by atoms with Crippen LogP contribution in [-0.4, -0.2) is 25.4 Å². The topological polar surface area (TPSA) is 58.2 Å². The van der Waals surface area contributed by atoms with Crippen LogP contribution in [0.15, 0.2) is 11.6 Å². The van der Waals surface area contributed by atoms with Crippen LogP contribution in [0.3, 0.4) is 0 Å². The van der Waals surface area contributed by atoms with Gasteiger partial charge in [-0.1, -0.05) is 18.2 Å². The van der Waals surface area contributed by atoms with Crippen molar-refractivity contribution in [1.82, 2.24) is 10.6 Å². The minimum Gasteiger partial charge on any atom is -0.358 e. The zero-order valence-electron chi connectivity index (χ0n) is 6.11. The van der Waals surface area contributed by atoms with Gasteiger partial charge in [-0.15, -0.1) is 0 Å². The molecule has 11 heavy (non-hydrogen) atoms. The number of hydrogen-bond acceptors (Lipinski definition) is 2. The second-order valence-corrected chi connectivity index (χ2v) is 2.22. The van der Waals surface area contributed by atoms with E-state index in [-0.39, 0.29) is 17.5 Å². The summed E-state index contributed by atoms with van der Waals surface area (Å²) < 4.78 is 0. The van der Waals surface area contributed by atoms with E-state index < -0.39 is 5.91 Å². The van der Waals surface area contributed by atoms with Crippen LogP contribution < -0.4 is 10.6 Å². The molecule has 0 saturated carbocycles. The molecular weight excluding hydrogens is 168 g/mol. The fourth-order valence-electron chi connectivity index (χ4n) is 0.345. The summed E-state index contributed by atoms with van der Waals surface area (Å²) in [5.41, 5.74) is 0. The Hall–Kier alpha value is -1.03. The quantitative estimate of drug-likeness (QED) is 0.575. The van der Waals surface area contributed by atoms with E-state index in [1.165, 1.54) is 7.05 Å². The molecule has 0 aliphatic heterocycles. The van der Waals surface area contributed by atoms with Gasteiger partial charge in [-0.2, -0.15) is 0 Å². The number of likely N-dealkylation sites (N-methyl/N-ethyl adjacent to an activating group) is 1. The molecule has 0 radical (unpaired) electrons. The van der Waals surface area contributed by atoms with E-state index in [1.54, 1.807) is 0 Å². The number of rotatable bonds is 3. The lowest BCUT2D eigenvalue weighted by atomic mass is 10.5. The molecule has 62 valence electrons. The van der Waals surface area contributed by atoms with Crippen molar-refractivity contribution >= 4 is 23.4 Å². The number of amides is 2. The van der Waals surface area contributed by atoms with Crippen LogP contribution in [0.2, 0.25) is 0 Å². The first-order chi connectivity index (χ1) is 5.07. The van der Waals surface area contributed by atoms with E-state index in [4.69, 9.17) is 11.6 Å². The second kappa shape index (κ2) is 4.73. The van der Waals surface area contributed by atoms with E-state index in [2.05, 4.69) is 17.2 Å². The number of carbonyl (C=O) groups excluding carboxylic acids is 2. The van der Waals surface area contributed by atoms with Gasteiger partial charge in [0.25, 0.3) is 5.91 Å². The van der Waals surface area contributed by atoms with Crippen molar-refractivity contribution < 1.29 is 9.59 Å². The molecule has 0 unspecified atom stereocenters. The second-order valence-electron chi connectivity index (χ2n) is 1.76. The lowest BCUT2D eigenvalue weighted by Gasteiger charge is -2.00. The summed E-state index contributed by atoms with van der Waals surface area (Å²) in [5, 5.41) is 4.45. The Labute approximate surface area is 69.6 Å². The number of hydrogen-bond donors (Lipinski definition) is 2. The van der Waals surface area contributed by atoms with Gasteiger partial charge >= 0.3 is 0 Å². The zero-order chi connectivity index (χ0) is 8.85. The number of carbonyl (C=O) groups is 2. The van der Waals surface area contributed by atoms with Gasteiger partial charge < -0.3 is 10.6 Å². The van der Waals surface area contributed by atoms with Crippen molar-refractivity contribution in [1.29, 1.82) is 0 Å². The van der Waals surface area contributed by atoms with Gasteiger partial charge in [0.15, 0.2) is 0 Å². The van der Waals surface area contributed by atoms with E-state index >= 15 is 0 Å². The van der Waals surface area contributed by atoms with Crippen LogP contribution in [0.5, 0.6) is 0 Å². The minimum absolute atomic E-state index is 0.0823. The minimum atomic E-state index is -0.532. The van der Waals surface area contributed by atoms with Gasteiger partial charge in [-0.05, 0) is 0 Å². The molecule has 0 aromatic heterocycles. The Morgan fingerprint density at radius 1 is 1.55 bits per heavy atom. The molecular formula is C6H9ClN2O2. The van der Waals surface area contributed by atoms with E-state index in [0.29, 0.717) is 0 Å². The molecule has 0 fully saturated rings. The third-order valence-corrected chi connectivity index (χ3v) is 1.11. The fourth-order valence-corrected chi connectivity index (χ4v) is 0.412. The normalized spacial score (nSPS) is 8.55. The highest BCUT2D eigenvalue weighted by atomic mass is 35.5. The molecule has 0 aromatic carbocycles. The van der Waals surface area contributed by atoms with Gasteiger partial charge in [0, 0.05) is 7.05 Å². The Morgan fingerprint density at radius 3 is 2.45 bits per heavy atom. The van der Waals surface area contributed by atoms with E-state index in [0.717, 1.165) is 0 Å². The molecule has 0 aliphatic rings. The van der Waals surface area contributed by atoms with Crippen molar-refractivity contribution in [2.24, 2.45) is 0 Å². The van der Waals surface area contributed by atoms with Crippen LogP contribution in [-0.2, 0) is 9.59 Å². The van der Waals surface area contributed by atoms with Crippen LogP contribution in [0.1, 0.15) is 0 Å². The van der Waals surface area contributed by atoms with E-state index in [9.17, 15) is 9.59 Å². The summed E-state index contributed by atoms with van der Waals surface area (Å²) in [6, 6.07) is 0. The smallest absolute Gasteiger partial charge is 0.262 e. The molecule has 0 aliphatic carbocycles. The van der Waals surface area contributed by atoms with Crippen molar-refractivity contribution in [3.8, 4) is 0 Å². The van der Waals surface area contributed by atoms with Gasteiger partial charge in [-0.3, -0.25) is 9.59 Å². The highest BCUT2D eigenvalue weighted by Gasteiger charge is 2.04. The number of nitrogens with one attached hydrogen (secondary N) is 2. The van der Waals surface area contributed by atoms with Gasteiger partial charge in [-0.25, -0.2) is 0 Å². The van der Waals surface area contributed by atoms with Gasteiger partial charge in [0.2, 0.25) is 5.91 Å². The van der Waals surface area contributed by atoms with Crippen molar-refractivity contribution in [2.45, 2.75) is 0 Å². The van der Waals surface area contributed by atoms with Crippen molar-refractivity contribution in [3.63, 3.8) is 0 Å². The summed E-state index contributed by atoms with van der Waals surface area (Å²) in [7, 11) is 1.48. The average Bonchev–Trinajstić information content (AvgIpc) is 1.99. The molecule has 0 heterocycles. The first-order valence-electron chi connectivity index (χ1n) is 2.91. The van der Waals surface area contributed by atoms with E-state index in [1.807, 2.05) is 0 Å². The summed E-state index contributed by atoms with van der Waals surface area (Å²) in [5.74, 6) is -0.813. The predicted octanol–water partition coefficient (Wildman–Crippen LogP) is -0.399. The molecule has 2 N–H and O–H groups in total. The van der Waals surface area contributed by atoms with Crippen LogP contribution >= 0.6 is 11.6 Å². The first-order valence-corrected chi connectivity index (χ1v) is 3.29. The predicted molar refractivity (Wildman–Crippen MR) is 42.1 cm³/mol. The van der Waals surface area contributed by atoms with Gasteiger partial charge in [0.05, 0.1) is 11.6 Å².